The van der Waals surface area contributed by atoms with E-state index in [-0.39, 0.29) is 23.4 Å². The number of benzene rings is 2. The predicted octanol–water partition coefficient (Wildman–Crippen LogP) is 2.71. The molecule has 126 valence electrons. The van der Waals surface area contributed by atoms with Crippen LogP contribution in [0.4, 0.5) is 18.9 Å². The zero-order chi connectivity index (χ0) is 17.7. The molecule has 0 fully saturated rings. The normalized spacial score (nSPS) is 10.5. The first-order chi connectivity index (χ1) is 11.3. The SMILES string of the molecule is NC(=O)c1cc(NC(=O)Cc2cccc(OC(F)F)c2)ccc1F. The smallest absolute Gasteiger partial charge is 0.387 e. The van der Waals surface area contributed by atoms with Gasteiger partial charge in [-0.1, -0.05) is 12.1 Å². The monoisotopic (exact) mass is 338 g/mol. The maximum Gasteiger partial charge on any atom is 0.387 e. The van der Waals surface area contributed by atoms with Crippen molar-refractivity contribution in [1.82, 2.24) is 0 Å². The highest BCUT2D eigenvalue weighted by atomic mass is 19.3. The zero-order valence-corrected chi connectivity index (χ0v) is 12.3. The van der Waals surface area contributed by atoms with Gasteiger partial charge in [-0.2, -0.15) is 8.78 Å². The van der Waals surface area contributed by atoms with Gasteiger partial charge in [0.25, 0.3) is 5.91 Å². The van der Waals surface area contributed by atoms with Crippen LogP contribution in [0.15, 0.2) is 42.5 Å². The molecule has 0 atom stereocenters. The summed E-state index contributed by atoms with van der Waals surface area (Å²) in [5, 5.41) is 2.47. The van der Waals surface area contributed by atoms with Gasteiger partial charge in [-0.05, 0) is 35.9 Å². The van der Waals surface area contributed by atoms with Gasteiger partial charge >= 0.3 is 6.61 Å². The Morgan fingerprint density at radius 3 is 2.58 bits per heavy atom. The van der Waals surface area contributed by atoms with E-state index < -0.39 is 24.2 Å². The molecule has 0 spiro atoms. The number of carbonyl (C=O) groups is 2. The van der Waals surface area contributed by atoms with E-state index in [1.807, 2.05) is 0 Å². The average molecular weight is 338 g/mol. The number of nitrogens with two attached hydrogens (primary N) is 1. The van der Waals surface area contributed by atoms with Crippen molar-refractivity contribution in [2.45, 2.75) is 13.0 Å². The Bertz CT molecular complexity index is 766. The van der Waals surface area contributed by atoms with Crippen LogP contribution in [-0.2, 0) is 11.2 Å². The highest BCUT2D eigenvalue weighted by molar-refractivity contribution is 5.97. The number of carbonyl (C=O) groups excluding carboxylic acids is 2. The topological polar surface area (TPSA) is 81.4 Å². The van der Waals surface area contributed by atoms with Crippen molar-refractivity contribution in [3.8, 4) is 5.75 Å². The summed E-state index contributed by atoms with van der Waals surface area (Å²) in [7, 11) is 0. The molecule has 0 bridgehead atoms. The lowest BCUT2D eigenvalue weighted by Crippen LogP contribution is -2.17. The first-order valence-corrected chi connectivity index (χ1v) is 6.78. The molecule has 2 amide bonds. The number of primary amides is 1. The summed E-state index contributed by atoms with van der Waals surface area (Å²) in [6.45, 7) is -2.96. The third kappa shape index (κ3) is 4.73. The second-order valence-corrected chi connectivity index (χ2v) is 4.81. The van der Waals surface area contributed by atoms with Gasteiger partial charge in [0, 0.05) is 5.69 Å². The number of nitrogens with one attached hydrogen (secondary N) is 1. The van der Waals surface area contributed by atoms with E-state index in [0.717, 1.165) is 12.1 Å². The van der Waals surface area contributed by atoms with Gasteiger partial charge in [-0.15, -0.1) is 0 Å². The van der Waals surface area contributed by atoms with Gasteiger partial charge in [-0.25, -0.2) is 4.39 Å². The molecule has 0 aromatic heterocycles. The van der Waals surface area contributed by atoms with E-state index in [0.29, 0.717) is 5.56 Å². The Hall–Kier alpha value is -3.03. The van der Waals surface area contributed by atoms with E-state index >= 15 is 0 Å². The van der Waals surface area contributed by atoms with Gasteiger partial charge < -0.3 is 15.8 Å². The van der Waals surface area contributed by atoms with Crippen molar-refractivity contribution in [3.05, 3.63) is 59.4 Å². The van der Waals surface area contributed by atoms with Crippen LogP contribution in [0.5, 0.6) is 5.75 Å². The summed E-state index contributed by atoms with van der Waals surface area (Å²) >= 11 is 0. The van der Waals surface area contributed by atoms with Crippen LogP contribution >= 0.6 is 0 Å². The summed E-state index contributed by atoms with van der Waals surface area (Å²) in [5.41, 5.74) is 5.32. The molecular weight excluding hydrogens is 325 g/mol. The van der Waals surface area contributed by atoms with Gasteiger partial charge in [0.1, 0.15) is 11.6 Å². The highest BCUT2D eigenvalue weighted by Crippen LogP contribution is 2.18. The first kappa shape index (κ1) is 17.3. The molecule has 2 aromatic rings. The van der Waals surface area contributed by atoms with Crippen molar-refractivity contribution < 1.29 is 27.5 Å². The van der Waals surface area contributed by atoms with Crippen LogP contribution in [0.25, 0.3) is 0 Å². The van der Waals surface area contributed by atoms with Crippen LogP contribution in [0.3, 0.4) is 0 Å². The van der Waals surface area contributed by atoms with E-state index in [4.69, 9.17) is 5.73 Å². The third-order valence-electron chi connectivity index (χ3n) is 3.00. The predicted molar refractivity (Wildman–Crippen MR) is 80.3 cm³/mol. The lowest BCUT2D eigenvalue weighted by atomic mass is 10.1. The summed E-state index contributed by atoms with van der Waals surface area (Å²) < 4.78 is 42.0. The number of hydrogen-bond donors (Lipinski definition) is 2. The fourth-order valence-corrected chi connectivity index (χ4v) is 2.01. The van der Waals surface area contributed by atoms with Crippen molar-refractivity contribution in [2.24, 2.45) is 5.73 Å². The molecule has 0 saturated carbocycles. The van der Waals surface area contributed by atoms with Crippen molar-refractivity contribution in [1.29, 1.82) is 0 Å². The maximum atomic E-state index is 13.4. The molecule has 0 aliphatic heterocycles. The molecule has 0 heterocycles. The summed E-state index contributed by atoms with van der Waals surface area (Å²) in [6.07, 6.45) is -0.121. The van der Waals surface area contributed by atoms with Gasteiger partial charge in [0.15, 0.2) is 0 Å². The first-order valence-electron chi connectivity index (χ1n) is 6.78. The molecule has 0 aliphatic rings. The molecule has 0 saturated heterocycles. The standard InChI is InChI=1S/C16H13F3N2O3/c17-13-5-4-10(8-12(13)15(20)23)21-14(22)7-9-2-1-3-11(6-9)24-16(18)19/h1-6,8,16H,7H2,(H2,20,23)(H,21,22). The Morgan fingerprint density at radius 1 is 1.17 bits per heavy atom. The second kappa shape index (κ2) is 7.49. The second-order valence-electron chi connectivity index (χ2n) is 4.81. The van der Waals surface area contributed by atoms with Crippen molar-refractivity contribution in [3.63, 3.8) is 0 Å². The Morgan fingerprint density at radius 2 is 1.92 bits per heavy atom. The summed E-state index contributed by atoms with van der Waals surface area (Å²) in [4.78, 5) is 23.0. The van der Waals surface area contributed by atoms with Crippen LogP contribution in [0, 0.1) is 5.82 Å². The fraction of sp³-hybridized carbons (Fsp3) is 0.125. The maximum absolute atomic E-state index is 13.4. The van der Waals surface area contributed by atoms with Crippen LogP contribution in [0.2, 0.25) is 0 Å². The highest BCUT2D eigenvalue weighted by Gasteiger charge is 2.12. The van der Waals surface area contributed by atoms with Crippen molar-refractivity contribution >= 4 is 17.5 Å². The van der Waals surface area contributed by atoms with Crippen molar-refractivity contribution in [2.75, 3.05) is 5.32 Å². The molecule has 0 radical (unpaired) electrons. The zero-order valence-electron chi connectivity index (χ0n) is 12.3. The number of alkyl halides is 2. The molecular formula is C16H13F3N2O3. The number of halogens is 3. The minimum absolute atomic E-state index is 0.0619. The molecule has 3 N–H and O–H groups in total. The molecule has 2 aromatic carbocycles. The van der Waals surface area contributed by atoms with Crippen LogP contribution < -0.4 is 15.8 Å². The molecule has 5 nitrogen and oxygen atoms in total. The van der Waals surface area contributed by atoms with E-state index in [1.165, 1.54) is 24.3 Å². The largest absolute Gasteiger partial charge is 0.435 e. The number of anilines is 1. The molecule has 0 aliphatic carbocycles. The number of amides is 2. The van der Waals surface area contributed by atoms with Gasteiger partial charge in [0.2, 0.25) is 5.91 Å². The third-order valence-corrected chi connectivity index (χ3v) is 3.00. The summed E-state index contributed by atoms with van der Waals surface area (Å²) in [5.74, 6) is -2.29. The fourth-order valence-electron chi connectivity index (χ4n) is 2.01. The van der Waals surface area contributed by atoms with Crippen LogP contribution in [-0.4, -0.2) is 18.4 Å². The number of hydrogen-bond acceptors (Lipinski definition) is 3. The Labute approximate surface area is 135 Å². The Kier molecular flexibility index (Phi) is 5.41. The molecule has 0 unspecified atom stereocenters. The average Bonchev–Trinajstić information content (AvgIpc) is 2.48. The number of ether oxygens (including phenoxy) is 1. The molecule has 2 rings (SSSR count). The van der Waals surface area contributed by atoms with Crippen LogP contribution in [0.1, 0.15) is 15.9 Å². The lowest BCUT2D eigenvalue weighted by Gasteiger charge is -2.09. The number of rotatable bonds is 6. The molecule has 24 heavy (non-hydrogen) atoms. The Balaban J connectivity index is 2.06. The lowest BCUT2D eigenvalue weighted by molar-refractivity contribution is -0.115. The van der Waals surface area contributed by atoms with Gasteiger partial charge in [0.05, 0.1) is 12.0 Å². The van der Waals surface area contributed by atoms with E-state index in [9.17, 15) is 22.8 Å². The van der Waals surface area contributed by atoms with E-state index in [1.54, 1.807) is 6.07 Å². The molecule has 8 heteroatoms. The van der Waals surface area contributed by atoms with Gasteiger partial charge in [-0.3, -0.25) is 9.59 Å². The minimum atomic E-state index is -2.96. The summed E-state index contributed by atoms with van der Waals surface area (Å²) in [6, 6.07) is 9.09. The quantitative estimate of drug-likeness (QED) is 0.850. The minimum Gasteiger partial charge on any atom is -0.435 e. The van der Waals surface area contributed by atoms with E-state index in [2.05, 4.69) is 10.1 Å².